The number of piperazine rings is 1. The number of rotatable bonds is 5. The Morgan fingerprint density at radius 3 is 2.76 bits per heavy atom. The van der Waals surface area contributed by atoms with Gasteiger partial charge in [0.2, 0.25) is 0 Å². The number of nitrogens with one attached hydrogen (secondary N) is 1. The summed E-state index contributed by atoms with van der Waals surface area (Å²) >= 11 is 0. The number of hydrogen-bond acceptors (Lipinski definition) is 4. The Hall–Kier alpha value is -1.66. The summed E-state index contributed by atoms with van der Waals surface area (Å²) in [6.45, 7) is 8.38. The molecule has 0 aliphatic carbocycles. The number of nitrogens with zero attached hydrogens (tertiary/aromatic N) is 3. The van der Waals surface area contributed by atoms with Crippen molar-refractivity contribution >= 4 is 6.03 Å². The molecule has 0 bridgehead atoms. The fraction of sp³-hybridized carbons (Fsp3) is 0.684. The van der Waals surface area contributed by atoms with E-state index in [9.17, 15) is 4.79 Å². The lowest BCUT2D eigenvalue weighted by molar-refractivity contribution is 0.0720. The highest BCUT2D eigenvalue weighted by Gasteiger charge is 2.29. The second-order valence-corrected chi connectivity index (χ2v) is 6.97. The summed E-state index contributed by atoms with van der Waals surface area (Å²) < 4.78 is 5.74. The first kappa shape index (κ1) is 18.1. The molecule has 0 spiro atoms. The number of amides is 2. The number of carbonyl (C=O) groups excluding carboxylic acids is 1. The highest BCUT2D eigenvalue weighted by Crippen LogP contribution is 2.20. The lowest BCUT2D eigenvalue weighted by atomic mass is 10.1. The molecular weight excluding hydrogens is 316 g/mol. The van der Waals surface area contributed by atoms with Gasteiger partial charge in [-0.25, -0.2) is 4.79 Å². The van der Waals surface area contributed by atoms with Gasteiger partial charge >= 0.3 is 6.03 Å². The van der Waals surface area contributed by atoms with Gasteiger partial charge in [-0.1, -0.05) is 13.0 Å². The van der Waals surface area contributed by atoms with Gasteiger partial charge in [0.15, 0.2) is 0 Å². The Morgan fingerprint density at radius 2 is 2.16 bits per heavy atom. The Bertz CT molecular complexity index is 540. The van der Waals surface area contributed by atoms with E-state index >= 15 is 0 Å². The highest BCUT2D eigenvalue weighted by molar-refractivity contribution is 5.74. The van der Waals surface area contributed by atoms with Crippen molar-refractivity contribution in [3.05, 3.63) is 30.1 Å². The molecule has 2 aliphatic rings. The van der Waals surface area contributed by atoms with Crippen LogP contribution in [0.4, 0.5) is 4.79 Å². The van der Waals surface area contributed by atoms with Crippen molar-refractivity contribution in [3.8, 4) is 0 Å². The van der Waals surface area contributed by atoms with Crippen LogP contribution in [-0.2, 0) is 4.74 Å². The zero-order valence-electron chi connectivity index (χ0n) is 15.4. The number of aromatic nitrogens is 1. The van der Waals surface area contributed by atoms with Crippen molar-refractivity contribution in [1.82, 2.24) is 20.1 Å². The zero-order chi connectivity index (χ0) is 17.6. The van der Waals surface area contributed by atoms with Gasteiger partial charge < -0.3 is 15.0 Å². The Balaban J connectivity index is 1.48. The molecule has 2 aliphatic heterocycles. The first-order valence-corrected chi connectivity index (χ1v) is 9.51. The lowest BCUT2D eigenvalue weighted by Gasteiger charge is -2.38. The van der Waals surface area contributed by atoms with Crippen molar-refractivity contribution < 1.29 is 9.53 Å². The minimum Gasteiger partial charge on any atom is -0.376 e. The SMILES string of the molecule is CCC(NC(=O)N1CCN(C(C)c2ccccn2)CC1)C1CCCO1. The van der Waals surface area contributed by atoms with Crippen molar-refractivity contribution in [2.24, 2.45) is 0 Å². The minimum atomic E-state index is 0.0486. The van der Waals surface area contributed by atoms with Crippen molar-refractivity contribution in [2.75, 3.05) is 32.8 Å². The molecule has 3 unspecified atom stereocenters. The monoisotopic (exact) mass is 346 g/mol. The molecule has 3 heterocycles. The zero-order valence-corrected chi connectivity index (χ0v) is 15.4. The summed E-state index contributed by atoms with van der Waals surface area (Å²) in [5.74, 6) is 0. The van der Waals surface area contributed by atoms with Gasteiger partial charge in [-0.05, 0) is 38.3 Å². The summed E-state index contributed by atoms with van der Waals surface area (Å²) in [7, 11) is 0. The van der Waals surface area contributed by atoms with Gasteiger partial charge in [-0.2, -0.15) is 0 Å². The summed E-state index contributed by atoms with van der Waals surface area (Å²) in [5, 5.41) is 3.19. The first-order chi connectivity index (χ1) is 12.2. The van der Waals surface area contributed by atoms with Crippen LogP contribution < -0.4 is 5.32 Å². The average Bonchev–Trinajstić information content (AvgIpc) is 3.20. The van der Waals surface area contributed by atoms with E-state index in [4.69, 9.17) is 4.74 Å². The molecule has 138 valence electrons. The van der Waals surface area contributed by atoms with Crippen LogP contribution in [0, 0.1) is 0 Å². The van der Waals surface area contributed by atoms with Crippen LogP contribution in [0.3, 0.4) is 0 Å². The van der Waals surface area contributed by atoms with Crippen LogP contribution in [0.15, 0.2) is 24.4 Å². The molecule has 1 aromatic rings. The molecule has 2 amide bonds. The molecule has 0 saturated carbocycles. The van der Waals surface area contributed by atoms with E-state index in [1.807, 2.05) is 23.2 Å². The van der Waals surface area contributed by atoms with Crippen LogP contribution in [-0.4, -0.2) is 65.7 Å². The maximum atomic E-state index is 12.6. The predicted octanol–water partition coefficient (Wildman–Crippen LogP) is 2.43. The van der Waals surface area contributed by atoms with Crippen LogP contribution in [0.5, 0.6) is 0 Å². The lowest BCUT2D eigenvalue weighted by Crippen LogP contribution is -2.55. The van der Waals surface area contributed by atoms with E-state index in [0.29, 0.717) is 0 Å². The van der Waals surface area contributed by atoms with E-state index in [2.05, 4.69) is 35.1 Å². The quantitative estimate of drug-likeness (QED) is 0.890. The van der Waals surface area contributed by atoms with E-state index in [0.717, 1.165) is 57.7 Å². The Morgan fingerprint density at radius 1 is 1.36 bits per heavy atom. The largest absolute Gasteiger partial charge is 0.376 e. The molecule has 3 atom stereocenters. The van der Waals surface area contributed by atoms with Crippen molar-refractivity contribution in [1.29, 1.82) is 0 Å². The second kappa shape index (κ2) is 8.63. The van der Waals surface area contributed by atoms with Crippen LogP contribution in [0.25, 0.3) is 0 Å². The maximum Gasteiger partial charge on any atom is 0.317 e. The van der Waals surface area contributed by atoms with Crippen LogP contribution >= 0.6 is 0 Å². The molecule has 0 radical (unpaired) electrons. The van der Waals surface area contributed by atoms with Gasteiger partial charge in [0.1, 0.15) is 0 Å². The first-order valence-electron chi connectivity index (χ1n) is 9.51. The second-order valence-electron chi connectivity index (χ2n) is 6.97. The third-order valence-corrected chi connectivity index (χ3v) is 5.43. The van der Waals surface area contributed by atoms with Crippen molar-refractivity contribution in [3.63, 3.8) is 0 Å². The fourth-order valence-corrected chi connectivity index (χ4v) is 3.75. The molecule has 2 saturated heterocycles. The van der Waals surface area contributed by atoms with Gasteiger partial charge in [-0.3, -0.25) is 9.88 Å². The normalized spacial score (nSPS) is 24.1. The summed E-state index contributed by atoms with van der Waals surface area (Å²) in [5.41, 5.74) is 1.09. The summed E-state index contributed by atoms with van der Waals surface area (Å²) in [6, 6.07) is 6.49. The standard InChI is InChI=1S/C19H30N4O2/c1-3-16(18-8-6-14-25-18)21-19(24)23-12-10-22(11-13-23)15(2)17-7-4-5-9-20-17/h4-5,7,9,15-16,18H,3,6,8,10-14H2,1-2H3,(H,21,24). The van der Waals surface area contributed by atoms with E-state index < -0.39 is 0 Å². The van der Waals surface area contributed by atoms with E-state index in [-0.39, 0.29) is 24.2 Å². The van der Waals surface area contributed by atoms with E-state index in [1.54, 1.807) is 0 Å². The minimum absolute atomic E-state index is 0.0486. The molecule has 1 N–H and O–H groups in total. The molecule has 6 nitrogen and oxygen atoms in total. The Kier molecular flexibility index (Phi) is 6.26. The summed E-state index contributed by atoms with van der Waals surface area (Å²) in [4.78, 5) is 21.4. The topological polar surface area (TPSA) is 57.7 Å². The Labute approximate surface area is 150 Å². The summed E-state index contributed by atoms with van der Waals surface area (Å²) in [6.07, 6.45) is 5.08. The van der Waals surface area contributed by atoms with Gasteiger partial charge in [0, 0.05) is 45.0 Å². The number of hydrogen-bond donors (Lipinski definition) is 1. The van der Waals surface area contributed by atoms with Gasteiger partial charge in [0.25, 0.3) is 0 Å². The third-order valence-electron chi connectivity index (χ3n) is 5.43. The third kappa shape index (κ3) is 4.50. The number of urea groups is 1. The van der Waals surface area contributed by atoms with Gasteiger partial charge in [-0.15, -0.1) is 0 Å². The average molecular weight is 346 g/mol. The molecule has 0 aromatic carbocycles. The molecule has 2 fully saturated rings. The molecule has 25 heavy (non-hydrogen) atoms. The fourth-order valence-electron chi connectivity index (χ4n) is 3.75. The molecule has 3 rings (SSSR count). The molecular formula is C19H30N4O2. The number of carbonyl (C=O) groups is 1. The van der Waals surface area contributed by atoms with Crippen molar-refractivity contribution in [2.45, 2.75) is 51.3 Å². The molecule has 1 aromatic heterocycles. The maximum absolute atomic E-state index is 12.6. The van der Waals surface area contributed by atoms with Gasteiger partial charge in [0.05, 0.1) is 17.8 Å². The van der Waals surface area contributed by atoms with E-state index in [1.165, 1.54) is 0 Å². The van der Waals surface area contributed by atoms with Crippen LogP contribution in [0.2, 0.25) is 0 Å². The number of pyridine rings is 1. The van der Waals surface area contributed by atoms with Crippen LogP contribution in [0.1, 0.15) is 44.8 Å². The highest BCUT2D eigenvalue weighted by atomic mass is 16.5. The number of ether oxygens (including phenoxy) is 1. The molecule has 6 heteroatoms. The smallest absolute Gasteiger partial charge is 0.317 e. The predicted molar refractivity (Wildman–Crippen MR) is 97.4 cm³/mol.